The lowest BCUT2D eigenvalue weighted by molar-refractivity contribution is 0.0240. The van der Waals surface area contributed by atoms with Crippen LogP contribution < -0.4 is 5.32 Å². The van der Waals surface area contributed by atoms with Crippen LogP contribution in [0.1, 0.15) is 33.4 Å². The van der Waals surface area contributed by atoms with Crippen LogP contribution in [0.3, 0.4) is 0 Å². The minimum Gasteiger partial charge on any atom is -0.388 e. The van der Waals surface area contributed by atoms with E-state index >= 15 is 0 Å². The number of rotatable bonds is 3. The number of nitriles is 1. The number of hydrogen-bond donors (Lipinski definition) is 2. The van der Waals surface area contributed by atoms with E-state index in [2.05, 4.69) is 10.3 Å². The van der Waals surface area contributed by atoms with Crippen LogP contribution in [0.15, 0.2) is 18.3 Å². The van der Waals surface area contributed by atoms with E-state index in [1.165, 1.54) is 0 Å². The van der Waals surface area contributed by atoms with Crippen LogP contribution in [0.4, 0.5) is 5.69 Å². The van der Waals surface area contributed by atoms with Crippen molar-refractivity contribution >= 4 is 5.69 Å². The zero-order valence-corrected chi connectivity index (χ0v) is 10.1. The van der Waals surface area contributed by atoms with Crippen molar-refractivity contribution in [2.75, 3.05) is 5.32 Å². The Morgan fingerprint density at radius 1 is 1.38 bits per heavy atom. The lowest BCUT2D eigenvalue weighted by Crippen LogP contribution is -2.51. The second-order valence-electron chi connectivity index (χ2n) is 4.82. The van der Waals surface area contributed by atoms with Gasteiger partial charge in [-0.1, -0.05) is 0 Å². The Kier molecular flexibility index (Phi) is 3.20. The lowest BCUT2D eigenvalue weighted by Gasteiger charge is -2.38. The van der Waals surface area contributed by atoms with E-state index in [-0.39, 0.29) is 0 Å². The van der Waals surface area contributed by atoms with E-state index in [1.807, 2.05) is 19.9 Å². The first kappa shape index (κ1) is 12.5. The Morgan fingerprint density at radius 3 is 2.50 bits per heavy atom. The van der Waals surface area contributed by atoms with E-state index in [0.717, 1.165) is 0 Å². The first-order valence-electron chi connectivity index (χ1n) is 5.13. The first-order chi connectivity index (χ1) is 7.28. The molecule has 0 saturated carbocycles. The molecular weight excluding hydrogens is 202 g/mol. The van der Waals surface area contributed by atoms with Crippen molar-refractivity contribution < 1.29 is 5.11 Å². The van der Waals surface area contributed by atoms with Gasteiger partial charge in [-0.25, -0.2) is 4.98 Å². The average molecular weight is 219 g/mol. The van der Waals surface area contributed by atoms with E-state index in [0.29, 0.717) is 11.4 Å². The van der Waals surface area contributed by atoms with Gasteiger partial charge in [-0.2, -0.15) is 5.26 Å². The maximum absolute atomic E-state index is 10.0. The smallest absolute Gasteiger partial charge is 0.163 e. The second kappa shape index (κ2) is 4.11. The summed E-state index contributed by atoms with van der Waals surface area (Å²) >= 11 is 0. The molecule has 1 heterocycles. The summed E-state index contributed by atoms with van der Waals surface area (Å²) in [5.41, 5.74) is -0.492. The molecule has 0 unspecified atom stereocenters. The third-order valence-corrected chi connectivity index (χ3v) is 2.89. The zero-order valence-electron chi connectivity index (χ0n) is 10.1. The van der Waals surface area contributed by atoms with Gasteiger partial charge in [0.25, 0.3) is 0 Å². The molecule has 1 aromatic heterocycles. The highest BCUT2D eigenvalue weighted by Crippen LogP contribution is 2.26. The van der Waals surface area contributed by atoms with Gasteiger partial charge in [0.05, 0.1) is 16.8 Å². The van der Waals surface area contributed by atoms with Crippen LogP contribution in [-0.4, -0.2) is 21.2 Å². The topological polar surface area (TPSA) is 68.9 Å². The number of pyridine rings is 1. The monoisotopic (exact) mass is 219 g/mol. The van der Waals surface area contributed by atoms with Gasteiger partial charge >= 0.3 is 0 Å². The molecule has 4 nitrogen and oxygen atoms in total. The molecule has 2 N–H and O–H groups in total. The molecule has 0 radical (unpaired) electrons. The summed E-state index contributed by atoms with van der Waals surface area (Å²) in [6.45, 7) is 7.20. The molecule has 0 spiro atoms. The molecule has 0 atom stereocenters. The second-order valence-corrected chi connectivity index (χ2v) is 4.82. The summed E-state index contributed by atoms with van der Waals surface area (Å²) in [5.74, 6) is 0. The van der Waals surface area contributed by atoms with E-state index in [1.54, 1.807) is 32.2 Å². The first-order valence-corrected chi connectivity index (χ1v) is 5.13. The molecule has 0 aromatic carbocycles. The minimum absolute atomic E-state index is 0.333. The quantitative estimate of drug-likeness (QED) is 0.814. The predicted octanol–water partition coefficient (Wildman–Crippen LogP) is 1.91. The van der Waals surface area contributed by atoms with Gasteiger partial charge in [0, 0.05) is 6.20 Å². The van der Waals surface area contributed by atoms with E-state index < -0.39 is 11.1 Å². The molecule has 1 rings (SSSR count). The molecular formula is C12H17N3O. The molecule has 0 saturated heterocycles. The fraction of sp³-hybridized carbons (Fsp3) is 0.500. The molecule has 0 fully saturated rings. The Hall–Kier alpha value is -1.60. The molecule has 0 bridgehead atoms. The van der Waals surface area contributed by atoms with Crippen LogP contribution in [0.2, 0.25) is 0 Å². The largest absolute Gasteiger partial charge is 0.388 e. The van der Waals surface area contributed by atoms with Crippen molar-refractivity contribution in [3.05, 3.63) is 24.0 Å². The SMILES string of the molecule is CC(C)(O)C(C)(C)Nc1cccnc1C#N. The maximum Gasteiger partial charge on any atom is 0.163 e. The number of anilines is 1. The van der Waals surface area contributed by atoms with Crippen molar-refractivity contribution in [3.63, 3.8) is 0 Å². The standard InChI is InChI=1S/C12H17N3O/c1-11(2,12(3,4)16)15-9-6-5-7-14-10(9)8-13/h5-7,15-16H,1-4H3. The molecule has 0 aliphatic heterocycles. The van der Waals surface area contributed by atoms with Gasteiger partial charge in [-0.3, -0.25) is 0 Å². The van der Waals surface area contributed by atoms with Gasteiger partial charge in [0.15, 0.2) is 5.69 Å². The van der Waals surface area contributed by atoms with Crippen molar-refractivity contribution in [1.82, 2.24) is 4.98 Å². The zero-order chi connectivity index (χ0) is 12.4. The fourth-order valence-corrected chi connectivity index (χ4v) is 1.08. The van der Waals surface area contributed by atoms with Gasteiger partial charge in [0.2, 0.25) is 0 Å². The van der Waals surface area contributed by atoms with Crippen LogP contribution in [-0.2, 0) is 0 Å². The molecule has 4 heteroatoms. The van der Waals surface area contributed by atoms with Gasteiger partial charge in [-0.05, 0) is 39.8 Å². The average Bonchev–Trinajstić information content (AvgIpc) is 2.16. The normalized spacial score (nSPS) is 12.0. The minimum atomic E-state index is -0.907. The van der Waals surface area contributed by atoms with Crippen LogP contribution in [0.5, 0.6) is 0 Å². The van der Waals surface area contributed by atoms with Crippen LogP contribution >= 0.6 is 0 Å². The molecule has 86 valence electrons. The number of nitrogens with one attached hydrogen (secondary N) is 1. The highest BCUT2D eigenvalue weighted by atomic mass is 16.3. The van der Waals surface area contributed by atoms with E-state index in [4.69, 9.17) is 5.26 Å². The third kappa shape index (κ3) is 2.50. The highest BCUT2D eigenvalue weighted by Gasteiger charge is 2.35. The maximum atomic E-state index is 10.0. The van der Waals surface area contributed by atoms with Crippen molar-refractivity contribution in [2.45, 2.75) is 38.8 Å². The van der Waals surface area contributed by atoms with E-state index in [9.17, 15) is 5.11 Å². The summed E-state index contributed by atoms with van der Waals surface area (Å²) in [6.07, 6.45) is 1.57. The Bertz CT molecular complexity index is 413. The Balaban J connectivity index is 3.02. The number of hydrogen-bond acceptors (Lipinski definition) is 4. The van der Waals surface area contributed by atoms with Gasteiger partial charge in [0.1, 0.15) is 6.07 Å². The molecule has 16 heavy (non-hydrogen) atoms. The number of nitrogens with zero attached hydrogens (tertiary/aromatic N) is 2. The molecule has 0 aliphatic rings. The van der Waals surface area contributed by atoms with Crippen LogP contribution in [0.25, 0.3) is 0 Å². The lowest BCUT2D eigenvalue weighted by atomic mass is 9.85. The van der Waals surface area contributed by atoms with Crippen LogP contribution in [0, 0.1) is 11.3 Å². The van der Waals surface area contributed by atoms with Crippen molar-refractivity contribution in [3.8, 4) is 6.07 Å². The number of aromatic nitrogens is 1. The Morgan fingerprint density at radius 2 is 2.00 bits per heavy atom. The summed E-state index contributed by atoms with van der Waals surface area (Å²) < 4.78 is 0. The number of aliphatic hydroxyl groups is 1. The third-order valence-electron chi connectivity index (χ3n) is 2.89. The van der Waals surface area contributed by atoms with Crippen molar-refractivity contribution in [1.29, 1.82) is 5.26 Å². The summed E-state index contributed by atoms with van der Waals surface area (Å²) in [5, 5.41) is 22.1. The molecule has 1 aromatic rings. The fourth-order valence-electron chi connectivity index (χ4n) is 1.08. The van der Waals surface area contributed by atoms with Gasteiger partial charge < -0.3 is 10.4 Å². The summed E-state index contributed by atoms with van der Waals surface area (Å²) in [7, 11) is 0. The van der Waals surface area contributed by atoms with Gasteiger partial charge in [-0.15, -0.1) is 0 Å². The molecule has 0 amide bonds. The summed E-state index contributed by atoms with van der Waals surface area (Å²) in [6, 6.07) is 5.54. The molecule has 0 aliphatic carbocycles. The Labute approximate surface area is 95.9 Å². The summed E-state index contributed by atoms with van der Waals surface area (Å²) in [4.78, 5) is 3.96. The predicted molar refractivity (Wildman–Crippen MR) is 63.0 cm³/mol. The highest BCUT2D eigenvalue weighted by molar-refractivity contribution is 5.55. The van der Waals surface area contributed by atoms with Crippen molar-refractivity contribution in [2.24, 2.45) is 0 Å².